The van der Waals surface area contributed by atoms with Crippen LogP contribution in [0.2, 0.25) is 0 Å². The predicted octanol–water partition coefficient (Wildman–Crippen LogP) is 1.57. The number of hydrogen-bond acceptors (Lipinski definition) is 1. The Hall–Kier alpha value is 0.0900. The fraction of sp³-hybridized carbons (Fsp3) is 0.800. The van der Waals surface area contributed by atoms with Crippen molar-refractivity contribution >= 4 is 8.58 Å². The molecule has 0 aromatic heterocycles. The normalized spacial score (nSPS) is 12.5. The van der Waals surface area contributed by atoms with Crippen LogP contribution in [-0.4, -0.2) is 57.7 Å². The molecule has 1 atom stereocenters. The van der Waals surface area contributed by atoms with Crippen molar-refractivity contribution in [1.82, 2.24) is 0 Å². The summed E-state index contributed by atoms with van der Waals surface area (Å²) in [4.78, 5) is 0. The molecule has 0 heterocycles. The fourth-order valence-electron chi connectivity index (χ4n) is 0.850. The first-order chi connectivity index (χ1) is 6.06. The molecule has 0 radical (unpaired) electrons. The lowest BCUT2D eigenvalue weighted by atomic mass is 10.6. The molecule has 0 aliphatic carbocycles. The number of nitrogens with zero attached hydrogens (tertiary/aromatic N) is 1. The van der Waals surface area contributed by atoms with E-state index in [-0.39, 0.29) is 0 Å². The van der Waals surface area contributed by atoms with Gasteiger partial charge in [-0.2, -0.15) is 0 Å². The van der Waals surface area contributed by atoms with E-state index in [2.05, 4.69) is 27.7 Å². The lowest BCUT2D eigenvalue weighted by molar-refractivity contribution is -0.867. The van der Waals surface area contributed by atoms with E-state index in [4.69, 9.17) is 4.74 Å². The Morgan fingerprint density at radius 2 is 2.00 bits per heavy atom. The summed E-state index contributed by atoms with van der Waals surface area (Å²) in [6, 6.07) is 0. The van der Waals surface area contributed by atoms with Crippen LogP contribution in [0, 0.1) is 0 Å². The van der Waals surface area contributed by atoms with E-state index >= 15 is 0 Å². The Morgan fingerprint density at radius 1 is 1.31 bits per heavy atom. The Balaban J connectivity index is 3.04. The van der Waals surface area contributed by atoms with Crippen molar-refractivity contribution in [3.63, 3.8) is 0 Å². The van der Waals surface area contributed by atoms with Gasteiger partial charge in [-0.15, -0.1) is 15.2 Å². The van der Waals surface area contributed by atoms with Gasteiger partial charge in [-0.1, -0.05) is 6.08 Å². The van der Waals surface area contributed by atoms with E-state index in [9.17, 15) is 0 Å². The number of rotatable bonds is 8. The van der Waals surface area contributed by atoms with Crippen LogP contribution in [0.4, 0.5) is 0 Å². The van der Waals surface area contributed by atoms with Gasteiger partial charge >= 0.3 is 0 Å². The molecule has 0 aromatic rings. The minimum absolute atomic E-state index is 0.694. The molecule has 0 bridgehead atoms. The summed E-state index contributed by atoms with van der Waals surface area (Å²) in [5.74, 6) is 0. The van der Waals surface area contributed by atoms with E-state index in [0.29, 0.717) is 6.61 Å². The van der Waals surface area contributed by atoms with E-state index in [0.717, 1.165) is 19.7 Å². The smallest absolute Gasteiger partial charge is 0.0817 e. The van der Waals surface area contributed by atoms with E-state index in [1.54, 1.807) is 6.08 Å². The number of ether oxygens (including phenoxy) is 1. The highest BCUT2D eigenvalue weighted by Gasteiger charge is 2.04. The maximum absolute atomic E-state index is 5.30. The zero-order valence-corrected chi connectivity index (χ0v) is 10.2. The van der Waals surface area contributed by atoms with Gasteiger partial charge in [0.25, 0.3) is 0 Å². The minimum atomic E-state index is 0.694. The van der Waals surface area contributed by atoms with Crippen molar-refractivity contribution in [2.75, 3.05) is 53.2 Å². The Morgan fingerprint density at radius 3 is 2.54 bits per heavy atom. The predicted molar refractivity (Wildman–Crippen MR) is 62.0 cm³/mol. The lowest BCUT2D eigenvalue weighted by Gasteiger charge is -2.23. The first-order valence-corrected chi connectivity index (χ1v) is 6.17. The highest BCUT2D eigenvalue weighted by Crippen LogP contribution is 2.09. The van der Waals surface area contributed by atoms with Crippen molar-refractivity contribution < 1.29 is 9.22 Å². The largest absolute Gasteiger partial charge is 0.377 e. The molecule has 0 saturated heterocycles. The van der Waals surface area contributed by atoms with Crippen LogP contribution >= 0.6 is 8.58 Å². The van der Waals surface area contributed by atoms with Crippen LogP contribution in [0.1, 0.15) is 0 Å². The molecule has 0 aliphatic heterocycles. The summed E-state index contributed by atoms with van der Waals surface area (Å²) in [7, 11) is 7.75. The summed E-state index contributed by atoms with van der Waals surface area (Å²) in [6.07, 6.45) is 4.32. The second-order valence-corrected chi connectivity index (χ2v) is 5.63. The number of hydrogen-bond donors (Lipinski definition) is 0. The van der Waals surface area contributed by atoms with Gasteiger partial charge in [0.1, 0.15) is 0 Å². The minimum Gasteiger partial charge on any atom is -0.377 e. The van der Waals surface area contributed by atoms with Crippen molar-refractivity contribution in [3.8, 4) is 0 Å². The third-order valence-electron chi connectivity index (χ3n) is 1.62. The molecule has 0 N–H and O–H groups in total. The number of quaternary nitrogens is 1. The molecular formula is C10H23NOP+. The third-order valence-corrected chi connectivity index (χ3v) is 2.75. The molecule has 78 valence electrons. The van der Waals surface area contributed by atoms with Crippen LogP contribution in [-0.2, 0) is 4.74 Å². The highest BCUT2D eigenvalue weighted by molar-refractivity contribution is 7.38. The highest BCUT2D eigenvalue weighted by atomic mass is 31.1. The van der Waals surface area contributed by atoms with E-state index < -0.39 is 0 Å². The topological polar surface area (TPSA) is 9.23 Å². The molecule has 2 nitrogen and oxygen atoms in total. The van der Waals surface area contributed by atoms with Gasteiger partial charge in [-0.25, -0.2) is 0 Å². The molecule has 0 aromatic carbocycles. The van der Waals surface area contributed by atoms with E-state index in [1.807, 2.05) is 0 Å². The van der Waals surface area contributed by atoms with Gasteiger partial charge in [0.05, 0.1) is 40.9 Å². The third kappa shape index (κ3) is 12.1. The molecule has 0 aliphatic rings. The molecule has 1 unspecified atom stereocenters. The Kier molecular flexibility index (Phi) is 7.54. The van der Waals surface area contributed by atoms with Crippen molar-refractivity contribution in [1.29, 1.82) is 0 Å². The van der Waals surface area contributed by atoms with Gasteiger partial charge in [-0.3, -0.25) is 0 Å². The average Bonchev–Trinajstić information content (AvgIpc) is 2.01. The average molecular weight is 204 g/mol. The second kappa shape index (κ2) is 7.49. The fourth-order valence-corrected chi connectivity index (χ4v) is 2.22. The van der Waals surface area contributed by atoms with Crippen molar-refractivity contribution in [2.45, 2.75) is 0 Å². The molecule has 0 rings (SSSR count). The maximum atomic E-state index is 5.30. The molecule has 13 heavy (non-hydrogen) atoms. The summed E-state index contributed by atoms with van der Waals surface area (Å²) in [6.45, 7) is 6.45. The van der Waals surface area contributed by atoms with Crippen LogP contribution in [0.25, 0.3) is 0 Å². The monoisotopic (exact) mass is 204 g/mol. The van der Waals surface area contributed by atoms with Crippen LogP contribution in [0.5, 0.6) is 0 Å². The van der Waals surface area contributed by atoms with Gasteiger partial charge in [0.15, 0.2) is 0 Å². The van der Waals surface area contributed by atoms with Gasteiger partial charge in [0, 0.05) is 6.16 Å². The Labute approximate surface area is 84.3 Å². The molecule has 3 heteroatoms. The Bertz CT molecular complexity index is 131. The van der Waals surface area contributed by atoms with Crippen LogP contribution in [0.15, 0.2) is 12.7 Å². The standard InChI is InChI=1S/C10H23NOP/c1-5-7-12-8-10-13-9-6-11(2,3)4/h5,13H,1,6-10H2,2-4H3/q+1. The SMILES string of the molecule is C=CCOCCPCC[N+](C)(C)C. The summed E-state index contributed by atoms with van der Waals surface area (Å²) in [5, 5.41) is 0. The van der Waals surface area contributed by atoms with Crippen LogP contribution < -0.4 is 0 Å². The first-order valence-electron chi connectivity index (χ1n) is 4.76. The zero-order chi connectivity index (χ0) is 10.2. The molecular weight excluding hydrogens is 181 g/mol. The van der Waals surface area contributed by atoms with Crippen molar-refractivity contribution in [2.24, 2.45) is 0 Å². The van der Waals surface area contributed by atoms with Gasteiger partial charge in [0.2, 0.25) is 0 Å². The molecule has 0 spiro atoms. The summed E-state index contributed by atoms with van der Waals surface area (Å²) in [5.41, 5.74) is 0. The molecule has 0 fully saturated rings. The molecule has 0 saturated carbocycles. The summed E-state index contributed by atoms with van der Waals surface area (Å²) < 4.78 is 6.37. The van der Waals surface area contributed by atoms with E-state index in [1.165, 1.54) is 18.9 Å². The second-order valence-electron chi connectivity index (χ2n) is 4.13. The van der Waals surface area contributed by atoms with Crippen molar-refractivity contribution in [3.05, 3.63) is 12.7 Å². The van der Waals surface area contributed by atoms with Crippen LogP contribution in [0.3, 0.4) is 0 Å². The maximum Gasteiger partial charge on any atom is 0.0817 e. The summed E-state index contributed by atoms with van der Waals surface area (Å²) >= 11 is 0. The quantitative estimate of drug-likeness (QED) is 0.252. The molecule has 0 amide bonds. The van der Waals surface area contributed by atoms with Gasteiger partial charge in [-0.05, 0) is 6.16 Å². The van der Waals surface area contributed by atoms with Gasteiger partial charge < -0.3 is 9.22 Å². The lowest BCUT2D eigenvalue weighted by Crippen LogP contribution is -2.36. The zero-order valence-electron chi connectivity index (χ0n) is 9.18. The first kappa shape index (κ1) is 13.1.